The van der Waals surface area contributed by atoms with Crippen molar-refractivity contribution >= 4 is 9.84 Å². The number of benzene rings is 1. The number of rotatable bonds is 7. The second-order valence-corrected chi connectivity index (χ2v) is 7.13. The van der Waals surface area contributed by atoms with Crippen LogP contribution in [0.2, 0.25) is 0 Å². The van der Waals surface area contributed by atoms with Crippen LogP contribution in [-0.2, 0) is 9.84 Å². The van der Waals surface area contributed by atoms with Gasteiger partial charge >= 0.3 is 0 Å². The summed E-state index contributed by atoms with van der Waals surface area (Å²) in [5.74, 6) is 0.935. The highest BCUT2D eigenvalue weighted by Gasteiger charge is 2.12. The molecule has 1 unspecified atom stereocenters. The van der Waals surface area contributed by atoms with Crippen LogP contribution < -0.4 is 10.5 Å². The van der Waals surface area contributed by atoms with E-state index in [9.17, 15) is 8.42 Å². The van der Waals surface area contributed by atoms with E-state index in [-0.39, 0.29) is 24.2 Å². The third-order valence-corrected chi connectivity index (χ3v) is 4.64. The monoisotopic (exact) mass is 285 g/mol. The number of nitrogens with two attached hydrogens (primary N) is 1. The van der Waals surface area contributed by atoms with E-state index >= 15 is 0 Å². The quantitative estimate of drug-likeness (QED) is 0.834. The molecule has 0 aliphatic rings. The Morgan fingerprint density at radius 2 is 2.00 bits per heavy atom. The van der Waals surface area contributed by atoms with Gasteiger partial charge in [-0.3, -0.25) is 0 Å². The van der Waals surface area contributed by atoms with E-state index in [4.69, 9.17) is 10.5 Å². The molecule has 0 fully saturated rings. The zero-order valence-electron chi connectivity index (χ0n) is 11.8. The minimum absolute atomic E-state index is 0.0487. The van der Waals surface area contributed by atoms with Crippen molar-refractivity contribution in [2.24, 2.45) is 5.73 Å². The first kappa shape index (κ1) is 16.0. The highest BCUT2D eigenvalue weighted by molar-refractivity contribution is 7.91. The molecule has 4 nitrogen and oxygen atoms in total. The first-order chi connectivity index (χ1) is 8.85. The standard InChI is InChI=1S/C14H23NO3S/c1-4-8-19(16,17)9-7-18-14-6-5-11(2)10-13(14)12(3)15/h5-6,10,12H,4,7-9,15H2,1-3H3. The fourth-order valence-electron chi connectivity index (χ4n) is 1.85. The Labute approximate surface area is 115 Å². The molecule has 0 spiro atoms. The van der Waals surface area contributed by atoms with Crippen molar-refractivity contribution < 1.29 is 13.2 Å². The zero-order valence-corrected chi connectivity index (χ0v) is 12.7. The summed E-state index contributed by atoms with van der Waals surface area (Å²) in [5.41, 5.74) is 7.91. The van der Waals surface area contributed by atoms with E-state index in [2.05, 4.69) is 0 Å². The van der Waals surface area contributed by atoms with Gasteiger partial charge in [-0.2, -0.15) is 0 Å². The average molecular weight is 285 g/mol. The van der Waals surface area contributed by atoms with Crippen molar-refractivity contribution in [3.05, 3.63) is 29.3 Å². The van der Waals surface area contributed by atoms with Gasteiger partial charge in [0.1, 0.15) is 12.4 Å². The van der Waals surface area contributed by atoms with Crippen LogP contribution in [0, 0.1) is 6.92 Å². The maximum Gasteiger partial charge on any atom is 0.153 e. The number of hydrogen-bond acceptors (Lipinski definition) is 4. The van der Waals surface area contributed by atoms with E-state index in [1.54, 1.807) is 0 Å². The lowest BCUT2D eigenvalue weighted by Crippen LogP contribution is -2.17. The molecule has 1 atom stereocenters. The molecule has 2 N–H and O–H groups in total. The smallest absolute Gasteiger partial charge is 0.153 e. The fraction of sp³-hybridized carbons (Fsp3) is 0.571. The van der Waals surface area contributed by atoms with E-state index in [1.165, 1.54) is 0 Å². The van der Waals surface area contributed by atoms with Gasteiger partial charge in [0.2, 0.25) is 0 Å². The molecular weight excluding hydrogens is 262 g/mol. The molecular formula is C14H23NO3S. The van der Waals surface area contributed by atoms with Gasteiger partial charge in [-0.1, -0.05) is 24.6 Å². The van der Waals surface area contributed by atoms with Crippen LogP contribution >= 0.6 is 0 Å². The molecule has 0 bridgehead atoms. The molecule has 19 heavy (non-hydrogen) atoms. The molecule has 0 heterocycles. The lowest BCUT2D eigenvalue weighted by atomic mass is 10.1. The Bertz CT molecular complexity index is 509. The molecule has 0 aliphatic carbocycles. The highest BCUT2D eigenvalue weighted by Crippen LogP contribution is 2.25. The summed E-state index contributed by atoms with van der Waals surface area (Å²) in [4.78, 5) is 0. The average Bonchev–Trinajstić information content (AvgIpc) is 2.30. The third kappa shape index (κ3) is 5.20. The Kier molecular flexibility index (Phi) is 5.82. The Morgan fingerprint density at radius 3 is 2.58 bits per heavy atom. The summed E-state index contributed by atoms with van der Waals surface area (Å²) < 4.78 is 28.8. The largest absolute Gasteiger partial charge is 0.492 e. The molecule has 1 aromatic carbocycles. The van der Waals surface area contributed by atoms with Crippen molar-refractivity contribution in [1.29, 1.82) is 0 Å². The molecule has 5 heteroatoms. The molecule has 0 aromatic heterocycles. The van der Waals surface area contributed by atoms with Crippen molar-refractivity contribution in [1.82, 2.24) is 0 Å². The van der Waals surface area contributed by atoms with Crippen LogP contribution in [-0.4, -0.2) is 26.5 Å². The highest BCUT2D eigenvalue weighted by atomic mass is 32.2. The number of hydrogen-bond donors (Lipinski definition) is 1. The Hall–Kier alpha value is -1.07. The summed E-state index contributed by atoms with van der Waals surface area (Å²) in [5, 5.41) is 0. The Morgan fingerprint density at radius 1 is 1.32 bits per heavy atom. The van der Waals surface area contributed by atoms with Crippen molar-refractivity contribution in [3.63, 3.8) is 0 Å². The van der Waals surface area contributed by atoms with Gasteiger partial charge < -0.3 is 10.5 Å². The predicted octanol–water partition coefficient (Wildman–Crippen LogP) is 2.22. The second-order valence-electron chi connectivity index (χ2n) is 4.83. The Balaban J connectivity index is 2.68. The van der Waals surface area contributed by atoms with E-state index < -0.39 is 9.84 Å². The SMILES string of the molecule is CCCS(=O)(=O)CCOc1ccc(C)cc1C(C)N. The molecule has 0 aliphatic heterocycles. The minimum Gasteiger partial charge on any atom is -0.492 e. The molecule has 0 radical (unpaired) electrons. The van der Waals surface area contributed by atoms with Crippen LogP contribution in [0.1, 0.15) is 37.4 Å². The summed E-state index contributed by atoms with van der Waals surface area (Å²) in [6.07, 6.45) is 0.637. The van der Waals surface area contributed by atoms with Crippen LogP contribution in [0.4, 0.5) is 0 Å². The number of aryl methyl sites for hydroxylation is 1. The summed E-state index contributed by atoms with van der Waals surface area (Å²) >= 11 is 0. The minimum atomic E-state index is -3.00. The maximum absolute atomic E-state index is 11.6. The van der Waals surface area contributed by atoms with Gasteiger partial charge in [0.15, 0.2) is 9.84 Å². The van der Waals surface area contributed by atoms with Crippen LogP contribution in [0.5, 0.6) is 5.75 Å². The topological polar surface area (TPSA) is 69.4 Å². The molecule has 0 saturated carbocycles. The first-order valence-electron chi connectivity index (χ1n) is 6.55. The van der Waals surface area contributed by atoms with Crippen LogP contribution in [0.3, 0.4) is 0 Å². The molecule has 0 saturated heterocycles. The summed E-state index contributed by atoms with van der Waals surface area (Å²) in [7, 11) is -3.00. The molecule has 0 amide bonds. The van der Waals surface area contributed by atoms with Crippen LogP contribution in [0.15, 0.2) is 18.2 Å². The zero-order chi connectivity index (χ0) is 14.5. The number of ether oxygens (including phenoxy) is 1. The van der Waals surface area contributed by atoms with Gasteiger partial charge in [-0.25, -0.2) is 8.42 Å². The van der Waals surface area contributed by atoms with Crippen molar-refractivity contribution in [3.8, 4) is 5.75 Å². The van der Waals surface area contributed by atoms with Gasteiger partial charge in [0.05, 0.1) is 11.5 Å². The lowest BCUT2D eigenvalue weighted by molar-refractivity contribution is 0.335. The van der Waals surface area contributed by atoms with E-state index in [1.807, 2.05) is 39.0 Å². The maximum atomic E-state index is 11.6. The van der Waals surface area contributed by atoms with Crippen LogP contribution in [0.25, 0.3) is 0 Å². The van der Waals surface area contributed by atoms with E-state index in [0.717, 1.165) is 11.1 Å². The summed E-state index contributed by atoms with van der Waals surface area (Å²) in [6.45, 7) is 5.90. The summed E-state index contributed by atoms with van der Waals surface area (Å²) in [6, 6.07) is 5.62. The first-order valence-corrected chi connectivity index (χ1v) is 8.37. The van der Waals surface area contributed by atoms with Gasteiger partial charge in [0, 0.05) is 11.6 Å². The normalized spacial score (nSPS) is 13.3. The van der Waals surface area contributed by atoms with E-state index in [0.29, 0.717) is 12.2 Å². The van der Waals surface area contributed by atoms with Crippen molar-refractivity contribution in [2.45, 2.75) is 33.2 Å². The van der Waals surface area contributed by atoms with Gasteiger partial charge in [-0.15, -0.1) is 0 Å². The molecule has 1 aromatic rings. The predicted molar refractivity (Wildman–Crippen MR) is 78.2 cm³/mol. The second kappa shape index (κ2) is 6.91. The molecule has 108 valence electrons. The molecule has 1 rings (SSSR count). The van der Waals surface area contributed by atoms with Gasteiger partial charge in [-0.05, 0) is 26.3 Å². The lowest BCUT2D eigenvalue weighted by Gasteiger charge is -2.14. The van der Waals surface area contributed by atoms with Crippen molar-refractivity contribution in [2.75, 3.05) is 18.1 Å². The third-order valence-electron chi connectivity index (χ3n) is 2.82. The van der Waals surface area contributed by atoms with Gasteiger partial charge in [0.25, 0.3) is 0 Å². The number of sulfone groups is 1. The fourth-order valence-corrected chi connectivity index (χ4v) is 3.01.